The summed E-state index contributed by atoms with van der Waals surface area (Å²) in [5.41, 5.74) is 0. The third kappa shape index (κ3) is 4.58. The van der Waals surface area contributed by atoms with Gasteiger partial charge in [-0.3, -0.25) is 0 Å². The normalized spacial score (nSPS) is 28.3. The molecule has 6 nitrogen and oxygen atoms in total. The molecular weight excluding hydrogens is 396 g/mol. The van der Waals surface area contributed by atoms with Crippen molar-refractivity contribution in [2.75, 3.05) is 38.2 Å². The van der Waals surface area contributed by atoms with Crippen molar-refractivity contribution in [3.05, 3.63) is 42.5 Å². The van der Waals surface area contributed by atoms with E-state index in [-0.39, 0.29) is 0 Å². The van der Waals surface area contributed by atoms with Gasteiger partial charge in [0.25, 0.3) is 0 Å². The summed E-state index contributed by atoms with van der Waals surface area (Å²) in [6.07, 6.45) is 4.85. The maximum atomic E-state index is 12.6. The number of hydrogen-bond donors (Lipinski definition) is 1. The van der Waals surface area contributed by atoms with Crippen LogP contribution in [0.2, 0.25) is 0 Å². The number of aromatic nitrogens is 2. The highest BCUT2D eigenvalue weighted by atomic mass is 32.2. The molecular formula is C23H30N4O2S. The van der Waals surface area contributed by atoms with Gasteiger partial charge in [0.05, 0.1) is 0 Å². The summed E-state index contributed by atoms with van der Waals surface area (Å²) in [7, 11) is -1.29. The van der Waals surface area contributed by atoms with Crippen molar-refractivity contribution < 1.29 is 8.95 Å². The van der Waals surface area contributed by atoms with Crippen molar-refractivity contribution in [3.8, 4) is 0 Å². The van der Waals surface area contributed by atoms with Gasteiger partial charge in [-0.15, -0.1) is 10.2 Å². The molecule has 1 saturated carbocycles. The smallest absolute Gasteiger partial charge is 0.155 e. The zero-order valence-corrected chi connectivity index (χ0v) is 18.1. The van der Waals surface area contributed by atoms with E-state index in [4.69, 9.17) is 4.74 Å². The molecule has 1 aromatic heterocycles. The summed E-state index contributed by atoms with van der Waals surface area (Å²) >= 11 is 0. The van der Waals surface area contributed by atoms with E-state index in [0.717, 1.165) is 41.7 Å². The number of likely N-dealkylation sites (tertiary alicyclic amines) is 1. The molecule has 30 heavy (non-hydrogen) atoms. The van der Waals surface area contributed by atoms with Crippen molar-refractivity contribution in [1.29, 1.82) is 0 Å². The van der Waals surface area contributed by atoms with Gasteiger partial charge in [-0.05, 0) is 67.7 Å². The number of ether oxygens (including phenoxy) is 1. The van der Waals surface area contributed by atoms with Gasteiger partial charge in [-0.25, -0.2) is 4.21 Å². The highest BCUT2D eigenvalue weighted by molar-refractivity contribution is 7.85. The molecule has 3 heterocycles. The minimum atomic E-state index is -1.29. The van der Waals surface area contributed by atoms with E-state index in [0.29, 0.717) is 11.1 Å². The van der Waals surface area contributed by atoms with Crippen molar-refractivity contribution in [3.63, 3.8) is 0 Å². The SMILES string of the molecule is O=S(c1ccccc1)c1ccc(NC2CC3CN(CC4CCOCC4)CC3C2)nn1. The van der Waals surface area contributed by atoms with Gasteiger partial charge in [0.2, 0.25) is 0 Å². The monoisotopic (exact) mass is 426 g/mol. The lowest BCUT2D eigenvalue weighted by Crippen LogP contribution is -2.32. The van der Waals surface area contributed by atoms with Crippen LogP contribution in [-0.2, 0) is 15.5 Å². The van der Waals surface area contributed by atoms with Gasteiger partial charge in [0.15, 0.2) is 5.03 Å². The number of nitrogens with one attached hydrogen (secondary N) is 1. The first-order valence-electron chi connectivity index (χ1n) is 11.1. The molecule has 2 aromatic rings. The van der Waals surface area contributed by atoms with E-state index in [2.05, 4.69) is 20.4 Å². The Balaban J connectivity index is 1.12. The van der Waals surface area contributed by atoms with Crippen LogP contribution >= 0.6 is 0 Å². The predicted octanol–water partition coefficient (Wildman–Crippen LogP) is 3.19. The highest BCUT2D eigenvalue weighted by Crippen LogP contribution is 2.39. The standard InChI is InChI=1S/C23H30N4O2S/c28-30(21-4-2-1-3-5-21)23-7-6-22(25-26-23)24-20-12-18-15-27(16-19(18)13-20)14-17-8-10-29-11-9-17/h1-7,17-20H,8-16H2,(H,24,25). The van der Waals surface area contributed by atoms with Crippen LogP contribution < -0.4 is 5.32 Å². The Morgan fingerprint density at radius 3 is 2.40 bits per heavy atom. The maximum Gasteiger partial charge on any atom is 0.155 e. The minimum absolute atomic E-state index is 0.463. The van der Waals surface area contributed by atoms with Gasteiger partial charge in [0, 0.05) is 43.8 Å². The summed E-state index contributed by atoms with van der Waals surface area (Å²) in [6.45, 7) is 5.61. The number of hydrogen-bond acceptors (Lipinski definition) is 6. The lowest BCUT2D eigenvalue weighted by Gasteiger charge is -2.27. The molecule has 3 fully saturated rings. The van der Waals surface area contributed by atoms with Crippen LogP contribution in [-0.4, -0.2) is 58.2 Å². The number of fused-ring (bicyclic) bond motifs is 1. The van der Waals surface area contributed by atoms with E-state index in [9.17, 15) is 4.21 Å². The fourth-order valence-corrected chi connectivity index (χ4v) is 6.28. The molecule has 0 bridgehead atoms. The lowest BCUT2D eigenvalue weighted by atomic mass is 10.00. The Morgan fingerprint density at radius 1 is 1.00 bits per heavy atom. The predicted molar refractivity (Wildman–Crippen MR) is 117 cm³/mol. The van der Waals surface area contributed by atoms with Gasteiger partial charge in [0.1, 0.15) is 16.6 Å². The second-order valence-electron chi connectivity index (χ2n) is 8.95. The van der Waals surface area contributed by atoms with E-state index in [1.807, 2.05) is 42.5 Å². The third-order valence-electron chi connectivity index (χ3n) is 6.82. The minimum Gasteiger partial charge on any atom is -0.381 e. The Labute approximate surface area is 180 Å². The summed E-state index contributed by atoms with van der Waals surface area (Å²) in [5, 5.41) is 12.6. The summed E-state index contributed by atoms with van der Waals surface area (Å²) in [6, 6.07) is 13.6. The fourth-order valence-electron chi connectivity index (χ4n) is 5.33. The van der Waals surface area contributed by atoms with E-state index >= 15 is 0 Å². The summed E-state index contributed by atoms with van der Waals surface area (Å²) < 4.78 is 18.1. The first-order chi connectivity index (χ1) is 14.7. The van der Waals surface area contributed by atoms with Crippen LogP contribution in [0.4, 0.5) is 5.82 Å². The van der Waals surface area contributed by atoms with Crippen LogP contribution in [0.15, 0.2) is 52.4 Å². The molecule has 0 amide bonds. The zero-order chi connectivity index (χ0) is 20.3. The van der Waals surface area contributed by atoms with E-state index < -0.39 is 10.8 Å². The van der Waals surface area contributed by atoms with E-state index in [1.54, 1.807) is 0 Å². The molecule has 0 spiro atoms. The maximum absolute atomic E-state index is 12.6. The number of nitrogens with zero attached hydrogens (tertiary/aromatic N) is 3. The fraction of sp³-hybridized carbons (Fsp3) is 0.565. The van der Waals surface area contributed by atoms with Crippen LogP contribution in [0.25, 0.3) is 0 Å². The first kappa shape index (κ1) is 20.1. The zero-order valence-electron chi connectivity index (χ0n) is 17.3. The first-order valence-corrected chi connectivity index (χ1v) is 12.3. The molecule has 2 aliphatic heterocycles. The Morgan fingerprint density at radius 2 is 1.73 bits per heavy atom. The molecule has 1 aromatic carbocycles. The van der Waals surface area contributed by atoms with Gasteiger partial charge < -0.3 is 15.0 Å². The van der Waals surface area contributed by atoms with Crippen LogP contribution in [0.5, 0.6) is 0 Å². The number of anilines is 1. The lowest BCUT2D eigenvalue weighted by molar-refractivity contribution is 0.0545. The Bertz CT molecular complexity index is 843. The van der Waals surface area contributed by atoms with Crippen molar-refractivity contribution >= 4 is 16.6 Å². The molecule has 3 unspecified atom stereocenters. The average molecular weight is 427 g/mol. The van der Waals surface area contributed by atoms with Crippen molar-refractivity contribution in [2.45, 2.75) is 41.6 Å². The molecule has 0 radical (unpaired) electrons. The third-order valence-corrected chi connectivity index (χ3v) is 8.12. The topological polar surface area (TPSA) is 67.4 Å². The van der Waals surface area contributed by atoms with Gasteiger partial charge in [-0.1, -0.05) is 18.2 Å². The molecule has 5 rings (SSSR count). The van der Waals surface area contributed by atoms with Gasteiger partial charge >= 0.3 is 0 Å². The van der Waals surface area contributed by atoms with Crippen LogP contribution in [0.1, 0.15) is 25.7 Å². The largest absolute Gasteiger partial charge is 0.381 e. The van der Waals surface area contributed by atoms with Crippen LogP contribution in [0, 0.1) is 17.8 Å². The summed E-state index contributed by atoms with van der Waals surface area (Å²) in [5.74, 6) is 3.19. The van der Waals surface area contributed by atoms with Gasteiger partial charge in [-0.2, -0.15) is 0 Å². The Hall–Kier alpha value is -1.83. The molecule has 1 N–H and O–H groups in total. The Kier molecular flexibility index (Phi) is 6.11. The average Bonchev–Trinajstić information content (AvgIpc) is 3.33. The quantitative estimate of drug-likeness (QED) is 0.765. The summed E-state index contributed by atoms with van der Waals surface area (Å²) in [4.78, 5) is 3.44. The second-order valence-corrected chi connectivity index (χ2v) is 10.4. The number of benzene rings is 1. The molecule has 2 saturated heterocycles. The van der Waals surface area contributed by atoms with Crippen LogP contribution in [0.3, 0.4) is 0 Å². The number of rotatable bonds is 6. The van der Waals surface area contributed by atoms with Crippen molar-refractivity contribution in [1.82, 2.24) is 15.1 Å². The van der Waals surface area contributed by atoms with Crippen molar-refractivity contribution in [2.24, 2.45) is 17.8 Å². The van der Waals surface area contributed by atoms with E-state index in [1.165, 1.54) is 45.3 Å². The highest BCUT2D eigenvalue weighted by Gasteiger charge is 2.41. The molecule has 7 heteroatoms. The molecule has 3 aliphatic rings. The molecule has 3 atom stereocenters. The molecule has 1 aliphatic carbocycles. The molecule has 160 valence electrons. The second kappa shape index (κ2) is 9.12.